The predicted octanol–water partition coefficient (Wildman–Crippen LogP) is 1.39. The zero-order valence-corrected chi connectivity index (χ0v) is 11.5. The summed E-state index contributed by atoms with van der Waals surface area (Å²) in [7, 11) is 1.77. The Morgan fingerprint density at radius 1 is 1.44 bits per heavy atom. The maximum atomic E-state index is 11.3. The number of nitrogens with two attached hydrogens (primary N) is 1. The molecule has 2 aliphatic rings. The van der Waals surface area contributed by atoms with E-state index in [1.807, 2.05) is 0 Å². The monoisotopic (exact) mass is 254 g/mol. The van der Waals surface area contributed by atoms with E-state index in [0.717, 1.165) is 45.5 Å². The largest absolute Gasteiger partial charge is 0.385 e. The van der Waals surface area contributed by atoms with Gasteiger partial charge in [-0.05, 0) is 44.1 Å². The molecule has 0 radical (unpaired) electrons. The van der Waals surface area contributed by atoms with Crippen molar-refractivity contribution in [2.24, 2.45) is 17.1 Å². The predicted molar refractivity (Wildman–Crippen MR) is 71.1 cm³/mol. The van der Waals surface area contributed by atoms with E-state index < -0.39 is 0 Å². The van der Waals surface area contributed by atoms with Gasteiger partial charge in [0, 0.05) is 26.8 Å². The molecule has 18 heavy (non-hydrogen) atoms. The molecule has 0 aromatic heterocycles. The third kappa shape index (κ3) is 3.23. The number of likely N-dealkylation sites (tertiary alicyclic amines) is 1. The van der Waals surface area contributed by atoms with Gasteiger partial charge >= 0.3 is 0 Å². The van der Waals surface area contributed by atoms with Crippen molar-refractivity contribution in [3.05, 3.63) is 0 Å². The lowest BCUT2D eigenvalue weighted by Crippen LogP contribution is -2.48. The van der Waals surface area contributed by atoms with Crippen molar-refractivity contribution >= 4 is 5.91 Å². The molecule has 0 aromatic rings. The molecule has 2 fully saturated rings. The van der Waals surface area contributed by atoms with E-state index in [1.54, 1.807) is 7.11 Å². The summed E-state index contributed by atoms with van der Waals surface area (Å²) in [5, 5.41) is 0. The highest BCUT2D eigenvalue weighted by Gasteiger charge is 2.39. The Morgan fingerprint density at radius 2 is 2.22 bits per heavy atom. The highest BCUT2D eigenvalue weighted by molar-refractivity contribution is 5.76. The molecule has 4 heteroatoms. The van der Waals surface area contributed by atoms with Gasteiger partial charge in [0.25, 0.3) is 0 Å². The number of hydrogen-bond acceptors (Lipinski definition) is 3. The fourth-order valence-electron chi connectivity index (χ4n) is 3.39. The maximum absolute atomic E-state index is 11.3. The Bertz CT molecular complexity index is 290. The third-order valence-corrected chi connectivity index (χ3v) is 4.72. The third-order valence-electron chi connectivity index (χ3n) is 4.72. The summed E-state index contributed by atoms with van der Waals surface area (Å²) in [4.78, 5) is 13.7. The first-order chi connectivity index (χ1) is 8.65. The number of rotatable bonds is 6. The van der Waals surface area contributed by atoms with Crippen LogP contribution in [0.25, 0.3) is 0 Å². The van der Waals surface area contributed by atoms with Crippen molar-refractivity contribution in [1.82, 2.24) is 4.90 Å². The van der Waals surface area contributed by atoms with Gasteiger partial charge in [-0.1, -0.05) is 6.42 Å². The lowest BCUT2D eigenvalue weighted by molar-refractivity contribution is -0.123. The summed E-state index contributed by atoms with van der Waals surface area (Å²) in [6.07, 6.45) is 7.20. The Kier molecular flexibility index (Phi) is 4.62. The van der Waals surface area contributed by atoms with E-state index in [1.165, 1.54) is 19.3 Å². The number of ether oxygens (including phenoxy) is 1. The van der Waals surface area contributed by atoms with Crippen molar-refractivity contribution in [3.63, 3.8) is 0 Å². The average molecular weight is 254 g/mol. The smallest absolute Gasteiger partial charge is 0.221 e. The van der Waals surface area contributed by atoms with Crippen LogP contribution in [0.3, 0.4) is 0 Å². The van der Waals surface area contributed by atoms with E-state index in [-0.39, 0.29) is 11.8 Å². The van der Waals surface area contributed by atoms with Gasteiger partial charge in [-0.15, -0.1) is 0 Å². The van der Waals surface area contributed by atoms with E-state index in [0.29, 0.717) is 5.41 Å². The first kappa shape index (κ1) is 13.8. The molecule has 1 saturated carbocycles. The SMILES string of the molecule is COCCC1(CN2CCC[C@@H](C(N)=O)C2)CCC1. The van der Waals surface area contributed by atoms with Crippen molar-refractivity contribution in [2.45, 2.75) is 38.5 Å². The number of primary amides is 1. The van der Waals surface area contributed by atoms with Gasteiger partial charge in [0.05, 0.1) is 5.92 Å². The lowest BCUT2D eigenvalue weighted by atomic mass is 9.66. The molecular weight excluding hydrogens is 228 g/mol. The van der Waals surface area contributed by atoms with Gasteiger partial charge in [0.15, 0.2) is 0 Å². The van der Waals surface area contributed by atoms with Crippen molar-refractivity contribution in [2.75, 3.05) is 33.4 Å². The van der Waals surface area contributed by atoms with Crippen LogP contribution in [0.4, 0.5) is 0 Å². The van der Waals surface area contributed by atoms with E-state index in [4.69, 9.17) is 10.5 Å². The number of hydrogen-bond donors (Lipinski definition) is 1. The zero-order valence-electron chi connectivity index (χ0n) is 11.5. The van der Waals surface area contributed by atoms with Crippen LogP contribution in [-0.4, -0.2) is 44.2 Å². The highest BCUT2D eigenvalue weighted by atomic mass is 16.5. The fourth-order valence-corrected chi connectivity index (χ4v) is 3.39. The number of methoxy groups -OCH3 is 1. The Morgan fingerprint density at radius 3 is 2.78 bits per heavy atom. The molecule has 1 heterocycles. The minimum atomic E-state index is -0.126. The van der Waals surface area contributed by atoms with Gasteiger partial charge in [-0.3, -0.25) is 4.79 Å². The molecule has 1 saturated heterocycles. The number of carbonyl (C=O) groups excluding carboxylic acids is 1. The van der Waals surface area contributed by atoms with E-state index in [2.05, 4.69) is 4.90 Å². The van der Waals surface area contributed by atoms with Crippen LogP contribution in [0.15, 0.2) is 0 Å². The summed E-state index contributed by atoms with van der Waals surface area (Å²) in [5.74, 6) is -0.0578. The maximum Gasteiger partial charge on any atom is 0.221 e. The Hall–Kier alpha value is -0.610. The minimum Gasteiger partial charge on any atom is -0.385 e. The van der Waals surface area contributed by atoms with Crippen LogP contribution >= 0.6 is 0 Å². The molecule has 0 spiro atoms. The molecule has 1 aliphatic heterocycles. The summed E-state index contributed by atoms with van der Waals surface area (Å²) in [5.41, 5.74) is 5.89. The van der Waals surface area contributed by atoms with Crippen molar-refractivity contribution < 1.29 is 9.53 Å². The number of piperidine rings is 1. The molecule has 0 bridgehead atoms. The molecule has 1 amide bonds. The topological polar surface area (TPSA) is 55.6 Å². The summed E-state index contributed by atoms with van der Waals surface area (Å²) in [6, 6.07) is 0. The number of carbonyl (C=O) groups is 1. The molecule has 0 unspecified atom stereocenters. The molecular formula is C14H26N2O2. The van der Waals surface area contributed by atoms with Crippen LogP contribution < -0.4 is 5.73 Å². The molecule has 4 nitrogen and oxygen atoms in total. The Balaban J connectivity index is 1.85. The second kappa shape index (κ2) is 6.02. The first-order valence-corrected chi connectivity index (χ1v) is 7.16. The summed E-state index contributed by atoms with van der Waals surface area (Å²) >= 11 is 0. The molecule has 1 atom stereocenters. The number of nitrogens with zero attached hydrogens (tertiary/aromatic N) is 1. The minimum absolute atomic E-state index is 0.0679. The average Bonchev–Trinajstić information content (AvgIpc) is 2.33. The summed E-state index contributed by atoms with van der Waals surface area (Å²) < 4.78 is 5.23. The van der Waals surface area contributed by atoms with Gasteiger partial charge < -0.3 is 15.4 Å². The first-order valence-electron chi connectivity index (χ1n) is 7.16. The second-order valence-electron chi connectivity index (χ2n) is 6.07. The molecule has 0 aromatic carbocycles. The van der Waals surface area contributed by atoms with Gasteiger partial charge in [0.2, 0.25) is 5.91 Å². The second-order valence-corrected chi connectivity index (χ2v) is 6.07. The van der Waals surface area contributed by atoms with Crippen molar-refractivity contribution in [1.29, 1.82) is 0 Å². The normalized spacial score (nSPS) is 27.7. The van der Waals surface area contributed by atoms with Gasteiger partial charge in [0.1, 0.15) is 0 Å². The van der Waals surface area contributed by atoms with Crippen LogP contribution in [0.1, 0.15) is 38.5 Å². The Labute approximate surface area is 110 Å². The standard InChI is InChI=1S/C14H26N2O2/c1-18-9-7-14(5-3-6-14)11-16-8-2-4-12(10-16)13(15)17/h12H,2-11H2,1H3,(H2,15,17)/t12-/m1/s1. The number of amides is 1. The lowest BCUT2D eigenvalue weighted by Gasteiger charge is -2.46. The van der Waals surface area contributed by atoms with Gasteiger partial charge in [-0.25, -0.2) is 0 Å². The van der Waals surface area contributed by atoms with E-state index in [9.17, 15) is 4.79 Å². The molecule has 1 aliphatic carbocycles. The zero-order chi connectivity index (χ0) is 13.0. The van der Waals surface area contributed by atoms with Crippen LogP contribution in [0, 0.1) is 11.3 Å². The molecule has 2 N–H and O–H groups in total. The highest BCUT2D eigenvalue weighted by Crippen LogP contribution is 2.45. The molecule has 2 rings (SSSR count). The fraction of sp³-hybridized carbons (Fsp3) is 0.929. The van der Waals surface area contributed by atoms with Crippen LogP contribution in [0.2, 0.25) is 0 Å². The summed E-state index contributed by atoms with van der Waals surface area (Å²) in [6.45, 7) is 3.97. The molecule has 104 valence electrons. The van der Waals surface area contributed by atoms with E-state index >= 15 is 0 Å². The van der Waals surface area contributed by atoms with Crippen LogP contribution in [-0.2, 0) is 9.53 Å². The van der Waals surface area contributed by atoms with Crippen LogP contribution in [0.5, 0.6) is 0 Å². The van der Waals surface area contributed by atoms with Crippen molar-refractivity contribution in [3.8, 4) is 0 Å². The van der Waals surface area contributed by atoms with Gasteiger partial charge in [-0.2, -0.15) is 0 Å². The quantitative estimate of drug-likeness (QED) is 0.779.